The summed E-state index contributed by atoms with van der Waals surface area (Å²) in [4.78, 5) is 19.3. The molecule has 0 saturated carbocycles. The Hall–Kier alpha value is -1.64. The molecule has 0 spiro atoms. The van der Waals surface area contributed by atoms with Crippen LogP contribution in [0, 0.1) is 0 Å². The van der Waals surface area contributed by atoms with Gasteiger partial charge in [-0.25, -0.2) is 4.98 Å². The van der Waals surface area contributed by atoms with E-state index in [1.165, 1.54) is 0 Å². The number of H-pyrrole nitrogens is 1. The molecule has 16 heavy (non-hydrogen) atoms. The third kappa shape index (κ3) is 1.98. The minimum Gasteiger partial charge on any atom is -0.342 e. The molecule has 3 nitrogen and oxygen atoms in total. The number of hydrogen-bond donors (Lipinski definition) is 1. The van der Waals surface area contributed by atoms with Crippen molar-refractivity contribution in [1.82, 2.24) is 9.97 Å². The summed E-state index contributed by atoms with van der Waals surface area (Å²) in [7, 11) is 0. The lowest BCUT2D eigenvalue weighted by Crippen LogP contribution is -1.95. The van der Waals surface area contributed by atoms with Gasteiger partial charge in [-0.05, 0) is 24.6 Å². The number of carbonyl (C=O) groups is 1. The Bertz CT molecular complexity index is 514. The van der Waals surface area contributed by atoms with Crippen molar-refractivity contribution in [3.63, 3.8) is 0 Å². The molecule has 0 aliphatic rings. The lowest BCUT2D eigenvalue weighted by atomic mass is 10.1. The molecule has 0 radical (unpaired) electrons. The first kappa shape index (κ1) is 10.9. The molecule has 1 aromatic carbocycles. The van der Waals surface area contributed by atoms with Gasteiger partial charge in [0.2, 0.25) is 0 Å². The van der Waals surface area contributed by atoms with Crippen LogP contribution >= 0.6 is 0 Å². The van der Waals surface area contributed by atoms with Crippen LogP contribution in [0.2, 0.25) is 0 Å². The number of ketones is 1. The number of hydrogen-bond acceptors (Lipinski definition) is 2. The molecule has 0 bridgehead atoms. The largest absolute Gasteiger partial charge is 0.342 e. The van der Waals surface area contributed by atoms with Gasteiger partial charge in [0.05, 0.1) is 11.0 Å². The number of aryl methyl sites for hydroxylation is 1. The molecule has 1 aromatic heterocycles. The molecule has 0 aliphatic heterocycles. The Kier molecular flexibility index (Phi) is 3.04. The van der Waals surface area contributed by atoms with Gasteiger partial charge in [-0.3, -0.25) is 4.79 Å². The smallest absolute Gasteiger partial charge is 0.162 e. The molecule has 2 aromatic rings. The van der Waals surface area contributed by atoms with E-state index in [2.05, 4.69) is 16.9 Å². The second-order valence-electron chi connectivity index (χ2n) is 3.94. The standard InChI is InChI=1S/C13H16N2O/c1-3-5-13-14-10-7-6-9(12(16)4-2)8-11(10)15-13/h6-8H,3-5H2,1-2H3,(H,14,15). The van der Waals surface area contributed by atoms with Crippen molar-refractivity contribution in [2.24, 2.45) is 0 Å². The van der Waals surface area contributed by atoms with Gasteiger partial charge in [0.25, 0.3) is 0 Å². The molecule has 0 saturated heterocycles. The Morgan fingerprint density at radius 1 is 1.38 bits per heavy atom. The van der Waals surface area contributed by atoms with E-state index in [1.54, 1.807) is 0 Å². The zero-order valence-electron chi connectivity index (χ0n) is 9.71. The van der Waals surface area contributed by atoms with E-state index in [4.69, 9.17) is 0 Å². The first-order valence-corrected chi connectivity index (χ1v) is 5.76. The normalized spacial score (nSPS) is 10.9. The minimum atomic E-state index is 0.175. The quantitative estimate of drug-likeness (QED) is 0.798. The fourth-order valence-corrected chi connectivity index (χ4v) is 1.80. The van der Waals surface area contributed by atoms with Crippen LogP contribution in [0.4, 0.5) is 0 Å². The summed E-state index contributed by atoms with van der Waals surface area (Å²) in [5.41, 5.74) is 2.67. The lowest BCUT2D eigenvalue weighted by molar-refractivity contribution is 0.0988. The van der Waals surface area contributed by atoms with Crippen LogP contribution in [0.25, 0.3) is 11.0 Å². The number of aromatic amines is 1. The number of carbonyl (C=O) groups excluding carboxylic acids is 1. The molecule has 1 N–H and O–H groups in total. The predicted molar refractivity (Wildman–Crippen MR) is 64.7 cm³/mol. The summed E-state index contributed by atoms with van der Waals surface area (Å²) < 4.78 is 0. The third-order valence-electron chi connectivity index (χ3n) is 2.66. The van der Waals surface area contributed by atoms with Crippen LogP contribution in [0.15, 0.2) is 18.2 Å². The summed E-state index contributed by atoms with van der Waals surface area (Å²) in [6, 6.07) is 5.66. The monoisotopic (exact) mass is 216 g/mol. The highest BCUT2D eigenvalue weighted by Gasteiger charge is 2.06. The molecule has 0 unspecified atom stereocenters. The molecule has 2 rings (SSSR count). The summed E-state index contributed by atoms with van der Waals surface area (Å²) >= 11 is 0. The van der Waals surface area contributed by atoms with Crippen molar-refractivity contribution >= 4 is 16.8 Å². The van der Waals surface area contributed by atoms with E-state index in [0.717, 1.165) is 35.3 Å². The Morgan fingerprint density at radius 2 is 2.19 bits per heavy atom. The summed E-state index contributed by atoms with van der Waals surface area (Å²) in [6.07, 6.45) is 2.56. The number of Topliss-reactive ketones (excluding diaryl/α,β-unsaturated/α-hetero) is 1. The van der Waals surface area contributed by atoms with Crippen LogP contribution in [0.5, 0.6) is 0 Å². The van der Waals surface area contributed by atoms with Crippen LogP contribution in [0.1, 0.15) is 42.9 Å². The van der Waals surface area contributed by atoms with Gasteiger partial charge in [-0.1, -0.05) is 13.8 Å². The van der Waals surface area contributed by atoms with E-state index < -0.39 is 0 Å². The molecule has 1 heterocycles. The van der Waals surface area contributed by atoms with Gasteiger partial charge in [0.15, 0.2) is 5.78 Å². The van der Waals surface area contributed by atoms with Gasteiger partial charge >= 0.3 is 0 Å². The maximum Gasteiger partial charge on any atom is 0.162 e. The Balaban J connectivity index is 2.41. The number of nitrogens with one attached hydrogen (secondary N) is 1. The van der Waals surface area contributed by atoms with Crippen molar-refractivity contribution in [3.8, 4) is 0 Å². The maximum atomic E-state index is 11.6. The van der Waals surface area contributed by atoms with E-state index >= 15 is 0 Å². The van der Waals surface area contributed by atoms with Crippen molar-refractivity contribution in [3.05, 3.63) is 29.6 Å². The SMILES string of the molecule is CCCc1nc2ccc(C(=O)CC)cc2[nH]1. The predicted octanol–water partition coefficient (Wildman–Crippen LogP) is 3.11. The van der Waals surface area contributed by atoms with Crippen LogP contribution in [-0.2, 0) is 6.42 Å². The highest BCUT2D eigenvalue weighted by Crippen LogP contribution is 2.15. The molecule has 84 valence electrons. The summed E-state index contributed by atoms with van der Waals surface area (Å²) in [6.45, 7) is 4.00. The highest BCUT2D eigenvalue weighted by atomic mass is 16.1. The second-order valence-corrected chi connectivity index (χ2v) is 3.94. The lowest BCUT2D eigenvalue weighted by Gasteiger charge is -1.96. The van der Waals surface area contributed by atoms with Crippen molar-refractivity contribution in [2.45, 2.75) is 33.1 Å². The molecule has 0 fully saturated rings. The molecule has 3 heteroatoms. The van der Waals surface area contributed by atoms with Crippen molar-refractivity contribution in [1.29, 1.82) is 0 Å². The van der Waals surface area contributed by atoms with Gasteiger partial charge in [0.1, 0.15) is 5.82 Å². The van der Waals surface area contributed by atoms with Gasteiger partial charge in [-0.15, -0.1) is 0 Å². The Labute approximate surface area is 94.9 Å². The number of aromatic nitrogens is 2. The van der Waals surface area contributed by atoms with E-state index in [-0.39, 0.29) is 5.78 Å². The topological polar surface area (TPSA) is 45.8 Å². The molecule has 0 amide bonds. The van der Waals surface area contributed by atoms with Crippen LogP contribution in [0.3, 0.4) is 0 Å². The fourth-order valence-electron chi connectivity index (χ4n) is 1.80. The van der Waals surface area contributed by atoms with Crippen LogP contribution in [-0.4, -0.2) is 15.8 Å². The molecular formula is C13H16N2O. The fraction of sp³-hybridized carbons (Fsp3) is 0.385. The zero-order valence-corrected chi connectivity index (χ0v) is 9.71. The maximum absolute atomic E-state index is 11.6. The minimum absolute atomic E-state index is 0.175. The number of rotatable bonds is 4. The molecule has 0 aliphatic carbocycles. The first-order valence-electron chi connectivity index (χ1n) is 5.76. The zero-order chi connectivity index (χ0) is 11.5. The molecular weight excluding hydrogens is 200 g/mol. The van der Waals surface area contributed by atoms with Crippen LogP contribution < -0.4 is 0 Å². The highest BCUT2D eigenvalue weighted by molar-refractivity contribution is 5.98. The van der Waals surface area contributed by atoms with Gasteiger partial charge in [-0.2, -0.15) is 0 Å². The van der Waals surface area contributed by atoms with E-state index in [1.807, 2.05) is 25.1 Å². The number of nitrogens with zero attached hydrogens (tertiary/aromatic N) is 1. The van der Waals surface area contributed by atoms with E-state index in [9.17, 15) is 4.79 Å². The average molecular weight is 216 g/mol. The molecule has 0 atom stereocenters. The number of benzene rings is 1. The van der Waals surface area contributed by atoms with E-state index in [0.29, 0.717) is 6.42 Å². The second kappa shape index (κ2) is 4.47. The first-order chi connectivity index (χ1) is 7.74. The third-order valence-corrected chi connectivity index (χ3v) is 2.66. The number of imidazole rings is 1. The summed E-state index contributed by atoms with van der Waals surface area (Å²) in [5, 5.41) is 0. The van der Waals surface area contributed by atoms with Crippen molar-refractivity contribution < 1.29 is 4.79 Å². The summed E-state index contributed by atoms with van der Waals surface area (Å²) in [5.74, 6) is 1.17. The van der Waals surface area contributed by atoms with Gasteiger partial charge < -0.3 is 4.98 Å². The number of fused-ring (bicyclic) bond motifs is 1. The Morgan fingerprint density at radius 3 is 2.88 bits per heavy atom. The van der Waals surface area contributed by atoms with Crippen molar-refractivity contribution in [2.75, 3.05) is 0 Å². The average Bonchev–Trinajstić information content (AvgIpc) is 2.69. The van der Waals surface area contributed by atoms with Gasteiger partial charge in [0, 0.05) is 18.4 Å².